The molecule has 0 atom stereocenters. The molecule has 0 amide bonds. The Hall–Kier alpha value is -2.24. The number of nitrogens with zero attached hydrogens (tertiary/aromatic N) is 2. The number of allylic oxidation sites excluding steroid dienone is 4. The van der Waals surface area contributed by atoms with E-state index in [2.05, 4.69) is 51.5 Å². The van der Waals surface area contributed by atoms with Gasteiger partial charge in [0.05, 0.1) is 11.1 Å². The minimum absolute atomic E-state index is 0.0349. The van der Waals surface area contributed by atoms with Gasteiger partial charge in [-0.3, -0.25) is 19.6 Å². The Balaban J connectivity index is 2.11. The summed E-state index contributed by atoms with van der Waals surface area (Å²) in [6.45, 7) is 13.8. The SMILES string of the molecule is CCCCN=C1CC(C)(C)CC(=O)/C1=C(/O)CCCC/C(O)=C1\C(=O)CC(C)(C)CC1=NCCCC. The molecule has 2 rings (SSSR count). The van der Waals surface area contributed by atoms with Crippen LogP contribution in [0.25, 0.3) is 0 Å². The second-order valence-electron chi connectivity index (χ2n) is 12.1. The van der Waals surface area contributed by atoms with E-state index in [4.69, 9.17) is 0 Å². The van der Waals surface area contributed by atoms with Gasteiger partial charge in [0.15, 0.2) is 11.6 Å². The van der Waals surface area contributed by atoms with Crippen LogP contribution in [0.4, 0.5) is 0 Å². The van der Waals surface area contributed by atoms with Gasteiger partial charge in [-0.05, 0) is 49.4 Å². The van der Waals surface area contributed by atoms with E-state index in [-0.39, 0.29) is 33.9 Å². The Morgan fingerprint density at radius 3 is 1.36 bits per heavy atom. The van der Waals surface area contributed by atoms with Crippen LogP contribution in [0.15, 0.2) is 32.6 Å². The molecule has 0 aliphatic heterocycles. The van der Waals surface area contributed by atoms with E-state index < -0.39 is 0 Å². The Morgan fingerprint density at radius 2 is 1.03 bits per heavy atom. The molecule has 0 unspecified atom stereocenters. The number of aliphatic imine (C=N–C) groups is 2. The van der Waals surface area contributed by atoms with Gasteiger partial charge in [0.25, 0.3) is 0 Å². The number of unbranched alkanes of at least 4 members (excludes halogenated alkanes) is 3. The molecule has 0 saturated heterocycles. The summed E-state index contributed by atoms with van der Waals surface area (Å²) in [5, 5.41) is 21.7. The lowest BCUT2D eigenvalue weighted by Crippen LogP contribution is -2.33. The molecular weight excluding hydrogens is 452 g/mol. The van der Waals surface area contributed by atoms with E-state index in [9.17, 15) is 19.8 Å². The Bertz CT molecular complexity index is 859. The lowest BCUT2D eigenvalue weighted by atomic mass is 9.73. The zero-order chi connectivity index (χ0) is 26.9. The minimum atomic E-state index is -0.151. The van der Waals surface area contributed by atoms with Crippen LogP contribution < -0.4 is 0 Å². The predicted molar refractivity (Wildman–Crippen MR) is 148 cm³/mol. The number of aliphatic hydroxyl groups is 2. The van der Waals surface area contributed by atoms with Crippen LogP contribution >= 0.6 is 0 Å². The maximum atomic E-state index is 12.9. The fraction of sp³-hybridized carbons (Fsp3) is 0.733. The molecule has 2 aliphatic rings. The maximum Gasteiger partial charge on any atom is 0.168 e. The first-order chi connectivity index (χ1) is 16.9. The molecule has 202 valence electrons. The molecule has 0 radical (unpaired) electrons. The van der Waals surface area contributed by atoms with Crippen molar-refractivity contribution >= 4 is 23.0 Å². The zero-order valence-electron chi connectivity index (χ0n) is 23.5. The maximum absolute atomic E-state index is 12.9. The molecule has 2 N–H and O–H groups in total. The number of hydrogen-bond acceptors (Lipinski definition) is 6. The Kier molecular flexibility index (Phi) is 11.1. The summed E-state index contributed by atoms with van der Waals surface area (Å²) in [4.78, 5) is 35.1. The summed E-state index contributed by atoms with van der Waals surface area (Å²) in [6.07, 6.45) is 8.09. The first-order valence-electron chi connectivity index (χ1n) is 13.9. The summed E-state index contributed by atoms with van der Waals surface area (Å²) in [7, 11) is 0. The average Bonchev–Trinajstić information content (AvgIpc) is 2.74. The molecule has 0 aromatic rings. The zero-order valence-corrected chi connectivity index (χ0v) is 23.5. The van der Waals surface area contributed by atoms with Gasteiger partial charge in [-0.2, -0.15) is 0 Å². The van der Waals surface area contributed by atoms with Crippen LogP contribution in [-0.2, 0) is 9.59 Å². The van der Waals surface area contributed by atoms with Crippen LogP contribution in [-0.4, -0.2) is 46.3 Å². The third-order valence-corrected chi connectivity index (χ3v) is 6.99. The number of Topliss-reactive ketones (excluding diaryl/α,β-unsaturated/α-hetero) is 2. The Morgan fingerprint density at radius 1 is 0.667 bits per heavy atom. The van der Waals surface area contributed by atoms with Gasteiger partial charge in [-0.25, -0.2) is 0 Å². The number of ketones is 2. The minimum Gasteiger partial charge on any atom is -0.511 e. The summed E-state index contributed by atoms with van der Waals surface area (Å²) >= 11 is 0. The summed E-state index contributed by atoms with van der Waals surface area (Å²) < 4.78 is 0. The van der Waals surface area contributed by atoms with Crippen molar-refractivity contribution in [3.8, 4) is 0 Å². The number of aliphatic hydroxyl groups excluding tert-OH is 2. The fourth-order valence-corrected chi connectivity index (χ4v) is 5.08. The van der Waals surface area contributed by atoms with E-state index >= 15 is 0 Å². The van der Waals surface area contributed by atoms with Crippen molar-refractivity contribution in [2.45, 2.75) is 119 Å². The molecule has 0 spiro atoms. The highest BCUT2D eigenvalue weighted by molar-refractivity contribution is 6.25. The fourth-order valence-electron chi connectivity index (χ4n) is 5.08. The standard InChI is InChI=1S/C30H48N2O4/c1-7-9-15-31-21-17-29(3,4)19-25(35)27(21)23(33)13-11-12-14-24(34)28-22(32-16-10-8-2)18-30(5,6)20-26(28)36/h33-34H,7-20H2,1-6H3/b27-23+,28-24+,31-21?,32-22?. The van der Waals surface area contributed by atoms with Gasteiger partial charge in [-0.15, -0.1) is 0 Å². The lowest BCUT2D eigenvalue weighted by Gasteiger charge is -2.31. The van der Waals surface area contributed by atoms with Gasteiger partial charge < -0.3 is 10.2 Å². The first kappa shape index (κ1) is 30.0. The van der Waals surface area contributed by atoms with E-state index in [0.717, 1.165) is 37.1 Å². The number of carbonyl (C=O) groups is 2. The van der Waals surface area contributed by atoms with Gasteiger partial charge in [0.1, 0.15) is 11.5 Å². The third-order valence-electron chi connectivity index (χ3n) is 6.99. The summed E-state index contributed by atoms with van der Waals surface area (Å²) in [6, 6.07) is 0. The highest BCUT2D eigenvalue weighted by atomic mass is 16.3. The van der Waals surface area contributed by atoms with Crippen LogP contribution in [0, 0.1) is 10.8 Å². The quantitative estimate of drug-likeness (QED) is 0.175. The Labute approximate surface area is 218 Å². The molecule has 6 heteroatoms. The lowest BCUT2D eigenvalue weighted by molar-refractivity contribution is -0.118. The van der Waals surface area contributed by atoms with Crippen molar-refractivity contribution < 1.29 is 19.8 Å². The smallest absolute Gasteiger partial charge is 0.168 e. The van der Waals surface area contributed by atoms with Crippen LogP contribution in [0.5, 0.6) is 0 Å². The molecule has 0 aromatic heterocycles. The van der Waals surface area contributed by atoms with Crippen molar-refractivity contribution in [1.82, 2.24) is 0 Å². The van der Waals surface area contributed by atoms with E-state index in [1.165, 1.54) is 0 Å². The van der Waals surface area contributed by atoms with Crippen molar-refractivity contribution in [3.63, 3.8) is 0 Å². The van der Waals surface area contributed by atoms with E-state index in [1.807, 2.05) is 0 Å². The predicted octanol–water partition coefficient (Wildman–Crippen LogP) is 7.43. The highest BCUT2D eigenvalue weighted by Crippen LogP contribution is 2.37. The van der Waals surface area contributed by atoms with Crippen LogP contribution in [0.1, 0.15) is 119 Å². The van der Waals surface area contributed by atoms with Crippen LogP contribution in [0.3, 0.4) is 0 Å². The van der Waals surface area contributed by atoms with Crippen molar-refractivity contribution in [2.24, 2.45) is 20.8 Å². The van der Waals surface area contributed by atoms with Crippen LogP contribution in [0.2, 0.25) is 0 Å². The monoisotopic (exact) mass is 500 g/mol. The molecule has 2 saturated carbocycles. The molecule has 2 aliphatic carbocycles. The third kappa shape index (κ3) is 8.70. The largest absolute Gasteiger partial charge is 0.511 e. The van der Waals surface area contributed by atoms with Crippen molar-refractivity contribution in [2.75, 3.05) is 13.1 Å². The topological polar surface area (TPSA) is 99.3 Å². The first-order valence-corrected chi connectivity index (χ1v) is 13.9. The van der Waals surface area contributed by atoms with E-state index in [0.29, 0.717) is 75.6 Å². The molecule has 2 fully saturated rings. The molecule has 6 nitrogen and oxygen atoms in total. The molecular formula is C30H48N2O4. The second-order valence-corrected chi connectivity index (χ2v) is 12.1. The molecule has 0 heterocycles. The van der Waals surface area contributed by atoms with Gasteiger partial charge in [-0.1, -0.05) is 54.4 Å². The number of carbonyl (C=O) groups excluding carboxylic acids is 2. The summed E-state index contributed by atoms with van der Waals surface area (Å²) in [5.74, 6) is 0.144. The summed E-state index contributed by atoms with van der Waals surface area (Å²) in [5.41, 5.74) is 1.97. The van der Waals surface area contributed by atoms with Crippen molar-refractivity contribution in [1.29, 1.82) is 0 Å². The number of rotatable bonds is 11. The number of hydrogen-bond donors (Lipinski definition) is 2. The van der Waals surface area contributed by atoms with Gasteiger partial charge >= 0.3 is 0 Å². The second kappa shape index (κ2) is 13.3. The normalized spacial score (nSPS) is 24.9. The highest BCUT2D eigenvalue weighted by Gasteiger charge is 2.37. The molecule has 0 bridgehead atoms. The van der Waals surface area contributed by atoms with Crippen molar-refractivity contribution in [3.05, 3.63) is 22.7 Å². The van der Waals surface area contributed by atoms with E-state index in [1.54, 1.807) is 0 Å². The molecule has 0 aromatic carbocycles. The molecule has 36 heavy (non-hydrogen) atoms. The van der Waals surface area contributed by atoms with Gasteiger partial charge in [0.2, 0.25) is 0 Å². The average molecular weight is 501 g/mol. The van der Waals surface area contributed by atoms with Gasteiger partial charge in [0, 0.05) is 50.2 Å².